The van der Waals surface area contributed by atoms with E-state index >= 15 is 0 Å². The van der Waals surface area contributed by atoms with Crippen molar-refractivity contribution in [2.75, 3.05) is 54.0 Å². The van der Waals surface area contributed by atoms with Crippen LogP contribution in [-0.2, 0) is 0 Å². The van der Waals surface area contributed by atoms with Crippen molar-refractivity contribution in [3.63, 3.8) is 0 Å². The molecule has 0 spiro atoms. The summed E-state index contributed by atoms with van der Waals surface area (Å²) in [6, 6.07) is 4.22. The van der Waals surface area contributed by atoms with E-state index in [1.54, 1.807) is 0 Å². The maximum atomic E-state index is 4.56. The molecule has 5 rings (SSSR count). The number of anilines is 3. The Bertz CT molecular complexity index is 938. The Morgan fingerprint density at radius 2 is 1.36 bits per heavy atom. The SMILES string of the molecule is Cc1nnc2c(N3CCN(c4ccc(N5CCCCC5)nn4)CC3)nccn12. The van der Waals surface area contributed by atoms with Gasteiger partial charge in [-0.3, -0.25) is 4.40 Å². The molecule has 9 heteroatoms. The molecular weight excluding hydrogens is 354 g/mol. The van der Waals surface area contributed by atoms with Gasteiger partial charge in [0.05, 0.1) is 0 Å². The molecule has 0 atom stereocenters. The van der Waals surface area contributed by atoms with Crippen molar-refractivity contribution in [2.45, 2.75) is 26.2 Å². The van der Waals surface area contributed by atoms with Gasteiger partial charge in [-0.1, -0.05) is 0 Å². The van der Waals surface area contributed by atoms with Crippen LogP contribution in [0.25, 0.3) is 5.65 Å². The van der Waals surface area contributed by atoms with Crippen LogP contribution in [-0.4, -0.2) is 69.0 Å². The van der Waals surface area contributed by atoms with Gasteiger partial charge < -0.3 is 14.7 Å². The van der Waals surface area contributed by atoms with E-state index in [0.29, 0.717) is 0 Å². The lowest BCUT2D eigenvalue weighted by Crippen LogP contribution is -2.47. The average Bonchev–Trinajstić information content (AvgIpc) is 3.16. The van der Waals surface area contributed by atoms with Crippen LogP contribution in [0.3, 0.4) is 0 Å². The highest BCUT2D eigenvalue weighted by atomic mass is 15.4. The molecule has 2 aliphatic heterocycles. The summed E-state index contributed by atoms with van der Waals surface area (Å²) in [4.78, 5) is 11.5. The average molecular weight is 379 g/mol. The number of piperidine rings is 1. The van der Waals surface area contributed by atoms with E-state index in [2.05, 4.69) is 52.2 Å². The second-order valence-corrected chi connectivity index (χ2v) is 7.46. The van der Waals surface area contributed by atoms with Gasteiger partial charge in [-0.15, -0.1) is 20.4 Å². The van der Waals surface area contributed by atoms with Crippen LogP contribution in [0.2, 0.25) is 0 Å². The van der Waals surface area contributed by atoms with Crippen molar-refractivity contribution in [3.8, 4) is 0 Å². The van der Waals surface area contributed by atoms with Crippen molar-refractivity contribution >= 4 is 23.1 Å². The monoisotopic (exact) mass is 379 g/mol. The van der Waals surface area contributed by atoms with Gasteiger partial charge >= 0.3 is 0 Å². The molecule has 0 amide bonds. The lowest BCUT2D eigenvalue weighted by atomic mass is 10.1. The molecule has 0 aromatic carbocycles. The number of piperazine rings is 1. The first-order valence-corrected chi connectivity index (χ1v) is 10.0. The van der Waals surface area contributed by atoms with E-state index in [9.17, 15) is 0 Å². The molecule has 9 nitrogen and oxygen atoms in total. The van der Waals surface area contributed by atoms with E-state index in [-0.39, 0.29) is 0 Å². The zero-order chi connectivity index (χ0) is 18.9. The first kappa shape index (κ1) is 17.2. The zero-order valence-corrected chi connectivity index (χ0v) is 16.2. The highest BCUT2D eigenvalue weighted by molar-refractivity contribution is 5.64. The van der Waals surface area contributed by atoms with Crippen LogP contribution in [0.5, 0.6) is 0 Å². The highest BCUT2D eigenvalue weighted by Gasteiger charge is 2.22. The Morgan fingerprint density at radius 3 is 2.04 bits per heavy atom. The van der Waals surface area contributed by atoms with E-state index in [1.807, 2.05) is 23.7 Å². The quantitative estimate of drug-likeness (QED) is 0.678. The summed E-state index contributed by atoms with van der Waals surface area (Å²) in [6.45, 7) is 7.64. The van der Waals surface area contributed by atoms with Crippen molar-refractivity contribution in [1.29, 1.82) is 0 Å². The second-order valence-electron chi connectivity index (χ2n) is 7.46. The number of rotatable bonds is 3. The summed E-state index contributed by atoms with van der Waals surface area (Å²) in [5, 5.41) is 17.5. The van der Waals surface area contributed by atoms with Crippen molar-refractivity contribution in [3.05, 3.63) is 30.4 Å². The molecule has 0 bridgehead atoms. The second kappa shape index (κ2) is 7.21. The standard InChI is InChI=1S/C19H25N9/c1-15-21-24-19-18(20-7-10-28(15)19)27-13-11-26(12-14-27)17-6-5-16(22-23-17)25-8-3-2-4-9-25/h5-7,10H,2-4,8-9,11-14H2,1H3. The van der Waals surface area contributed by atoms with Gasteiger partial charge in [0.15, 0.2) is 17.5 Å². The Hall–Kier alpha value is -2.97. The molecule has 28 heavy (non-hydrogen) atoms. The van der Waals surface area contributed by atoms with Crippen LogP contribution in [0.15, 0.2) is 24.5 Å². The van der Waals surface area contributed by atoms with Crippen LogP contribution in [0.4, 0.5) is 17.5 Å². The number of fused-ring (bicyclic) bond motifs is 1. The lowest BCUT2D eigenvalue weighted by molar-refractivity contribution is 0.570. The minimum Gasteiger partial charge on any atom is -0.355 e. The smallest absolute Gasteiger partial charge is 0.203 e. The molecule has 0 radical (unpaired) electrons. The molecule has 5 heterocycles. The Labute approximate surface area is 164 Å². The number of hydrogen-bond acceptors (Lipinski definition) is 8. The van der Waals surface area contributed by atoms with Gasteiger partial charge in [0.1, 0.15) is 5.82 Å². The summed E-state index contributed by atoms with van der Waals surface area (Å²) < 4.78 is 1.99. The fourth-order valence-electron chi connectivity index (χ4n) is 4.08. The van der Waals surface area contributed by atoms with Gasteiger partial charge in [-0.25, -0.2) is 4.98 Å². The van der Waals surface area contributed by atoms with Crippen molar-refractivity contribution in [1.82, 2.24) is 29.8 Å². The van der Waals surface area contributed by atoms with Gasteiger partial charge in [-0.2, -0.15) is 0 Å². The van der Waals surface area contributed by atoms with Gasteiger partial charge in [0.2, 0.25) is 5.65 Å². The van der Waals surface area contributed by atoms with Crippen LogP contribution in [0.1, 0.15) is 25.1 Å². The van der Waals surface area contributed by atoms with Gasteiger partial charge in [0, 0.05) is 51.7 Å². The minimum atomic E-state index is 0.819. The molecule has 2 aliphatic rings. The molecule has 0 N–H and O–H groups in total. The van der Waals surface area contributed by atoms with Gasteiger partial charge in [-0.05, 0) is 38.3 Å². The number of aromatic nitrogens is 6. The first-order valence-electron chi connectivity index (χ1n) is 10.0. The molecule has 0 unspecified atom stereocenters. The predicted octanol–water partition coefficient (Wildman–Crippen LogP) is 1.54. The zero-order valence-electron chi connectivity index (χ0n) is 16.2. The maximum absolute atomic E-state index is 4.56. The third-order valence-electron chi connectivity index (χ3n) is 5.70. The molecule has 146 valence electrons. The lowest BCUT2D eigenvalue weighted by Gasteiger charge is -2.36. The van der Waals surface area contributed by atoms with Gasteiger partial charge in [0.25, 0.3) is 0 Å². The maximum Gasteiger partial charge on any atom is 0.203 e. The van der Waals surface area contributed by atoms with E-state index in [4.69, 9.17) is 0 Å². The van der Waals surface area contributed by atoms with Crippen molar-refractivity contribution in [2.24, 2.45) is 0 Å². The number of nitrogens with zero attached hydrogens (tertiary/aromatic N) is 9. The highest BCUT2D eigenvalue weighted by Crippen LogP contribution is 2.22. The Morgan fingerprint density at radius 1 is 0.714 bits per heavy atom. The molecule has 3 aromatic heterocycles. The predicted molar refractivity (Wildman–Crippen MR) is 108 cm³/mol. The number of hydrogen-bond donors (Lipinski definition) is 0. The van der Waals surface area contributed by atoms with Crippen LogP contribution < -0.4 is 14.7 Å². The molecule has 2 saturated heterocycles. The summed E-state index contributed by atoms with van der Waals surface area (Å²) in [5.74, 6) is 3.72. The van der Waals surface area contributed by atoms with Crippen LogP contribution in [0, 0.1) is 6.92 Å². The molecule has 0 saturated carbocycles. The Balaban J connectivity index is 1.26. The van der Waals surface area contributed by atoms with Crippen molar-refractivity contribution < 1.29 is 0 Å². The van der Waals surface area contributed by atoms with E-state index < -0.39 is 0 Å². The summed E-state index contributed by atoms with van der Waals surface area (Å²) >= 11 is 0. The third-order valence-corrected chi connectivity index (χ3v) is 5.70. The largest absolute Gasteiger partial charge is 0.355 e. The van der Waals surface area contributed by atoms with E-state index in [1.165, 1.54) is 19.3 Å². The fourth-order valence-corrected chi connectivity index (χ4v) is 4.08. The molecular formula is C19H25N9. The third kappa shape index (κ3) is 3.10. The fraction of sp³-hybridized carbons (Fsp3) is 0.526. The number of aryl methyl sites for hydroxylation is 1. The summed E-state index contributed by atoms with van der Waals surface area (Å²) in [6.07, 6.45) is 7.54. The molecule has 0 aliphatic carbocycles. The minimum absolute atomic E-state index is 0.819. The summed E-state index contributed by atoms with van der Waals surface area (Å²) in [7, 11) is 0. The normalized spacial score (nSPS) is 18.1. The topological polar surface area (TPSA) is 78.6 Å². The van der Waals surface area contributed by atoms with Crippen LogP contribution >= 0.6 is 0 Å². The molecule has 3 aromatic rings. The summed E-state index contributed by atoms with van der Waals surface area (Å²) in [5.41, 5.74) is 0.819. The first-order chi connectivity index (χ1) is 13.8. The molecule has 2 fully saturated rings. The van der Waals surface area contributed by atoms with E-state index in [0.717, 1.165) is 68.2 Å². The Kier molecular flexibility index (Phi) is 4.42.